The molecule has 4 atom stereocenters. The van der Waals surface area contributed by atoms with Crippen LogP contribution in [-0.2, 0) is 11.3 Å². The predicted molar refractivity (Wildman–Crippen MR) is 80.0 cm³/mol. The maximum Gasteiger partial charge on any atom is 0.193 e. The summed E-state index contributed by atoms with van der Waals surface area (Å²) in [6, 6.07) is 0. The molecule has 3 aliphatic heterocycles. The molecule has 0 saturated carbocycles. The van der Waals surface area contributed by atoms with Crippen LogP contribution in [0, 0.1) is 18.8 Å². The van der Waals surface area contributed by atoms with E-state index in [1.807, 2.05) is 20.2 Å². The van der Waals surface area contributed by atoms with Crippen molar-refractivity contribution in [2.75, 3.05) is 20.1 Å². The minimum absolute atomic E-state index is 0.499. The fourth-order valence-electron chi connectivity index (χ4n) is 4.19. The summed E-state index contributed by atoms with van der Waals surface area (Å²) < 4.78 is 6.04. The minimum Gasteiger partial charge on any atom is -0.374 e. The number of aliphatic imine (C=N–C) groups is 1. The van der Waals surface area contributed by atoms with Crippen LogP contribution in [0.25, 0.3) is 0 Å². The molecule has 6 nitrogen and oxygen atoms in total. The van der Waals surface area contributed by atoms with E-state index in [9.17, 15) is 0 Å². The van der Waals surface area contributed by atoms with Gasteiger partial charge in [0.25, 0.3) is 0 Å². The summed E-state index contributed by atoms with van der Waals surface area (Å²) in [5, 5.41) is 10.5. The number of hydrogen-bond acceptors (Lipinski definition) is 3. The van der Waals surface area contributed by atoms with Crippen LogP contribution in [0.4, 0.5) is 0 Å². The van der Waals surface area contributed by atoms with Gasteiger partial charge in [0.2, 0.25) is 0 Å². The van der Waals surface area contributed by atoms with Crippen LogP contribution < -0.4 is 5.32 Å². The van der Waals surface area contributed by atoms with Gasteiger partial charge in [-0.05, 0) is 19.8 Å². The van der Waals surface area contributed by atoms with Gasteiger partial charge in [0.1, 0.15) is 0 Å². The summed E-state index contributed by atoms with van der Waals surface area (Å²) >= 11 is 0. The van der Waals surface area contributed by atoms with Crippen molar-refractivity contribution in [3.8, 4) is 0 Å². The standard InChI is InChI=1S/C15H23N5O/c1-9-10(6-18-19-9)5-17-15(16-2)20-7-11-12(8-20)14-4-3-13(11)21-14/h6,11-14H,3-5,7-8H2,1-2H3,(H,16,17)(H,18,19). The lowest BCUT2D eigenvalue weighted by Gasteiger charge is -2.23. The molecule has 2 N–H and O–H groups in total. The molecular weight excluding hydrogens is 266 g/mol. The quantitative estimate of drug-likeness (QED) is 0.627. The number of rotatable bonds is 2. The number of H-pyrrole nitrogens is 1. The van der Waals surface area contributed by atoms with Crippen LogP contribution >= 0.6 is 0 Å². The molecule has 1 aromatic rings. The van der Waals surface area contributed by atoms with Gasteiger partial charge >= 0.3 is 0 Å². The van der Waals surface area contributed by atoms with Crippen molar-refractivity contribution in [3.05, 3.63) is 17.5 Å². The second-order valence-corrected chi connectivity index (χ2v) is 6.44. The van der Waals surface area contributed by atoms with Crippen LogP contribution in [0.3, 0.4) is 0 Å². The second-order valence-electron chi connectivity index (χ2n) is 6.44. The van der Waals surface area contributed by atoms with Crippen molar-refractivity contribution in [2.45, 2.75) is 38.5 Å². The molecule has 2 bridgehead atoms. The number of likely N-dealkylation sites (tertiary alicyclic amines) is 1. The number of fused-ring (bicyclic) bond motifs is 5. The Kier molecular flexibility index (Phi) is 3.14. The van der Waals surface area contributed by atoms with Gasteiger partial charge in [-0.15, -0.1) is 0 Å². The molecule has 3 aliphatic rings. The van der Waals surface area contributed by atoms with E-state index in [-0.39, 0.29) is 0 Å². The minimum atomic E-state index is 0.499. The first kappa shape index (κ1) is 13.1. The van der Waals surface area contributed by atoms with E-state index in [4.69, 9.17) is 4.74 Å². The van der Waals surface area contributed by atoms with Crippen molar-refractivity contribution in [1.82, 2.24) is 20.4 Å². The monoisotopic (exact) mass is 289 g/mol. The van der Waals surface area contributed by atoms with Gasteiger partial charge in [0, 0.05) is 49.8 Å². The Bertz CT molecular complexity index is 536. The molecule has 114 valence electrons. The van der Waals surface area contributed by atoms with Gasteiger partial charge in [-0.2, -0.15) is 5.10 Å². The molecule has 0 spiro atoms. The molecule has 3 saturated heterocycles. The third-order valence-electron chi connectivity index (χ3n) is 5.34. The van der Waals surface area contributed by atoms with Gasteiger partial charge in [0.05, 0.1) is 18.4 Å². The fraction of sp³-hybridized carbons (Fsp3) is 0.733. The average molecular weight is 289 g/mol. The average Bonchev–Trinajstić information content (AvgIpc) is 3.20. The maximum absolute atomic E-state index is 6.04. The third kappa shape index (κ3) is 2.12. The molecule has 0 aromatic carbocycles. The molecule has 4 rings (SSSR count). The first-order valence-corrected chi connectivity index (χ1v) is 7.86. The van der Waals surface area contributed by atoms with Crippen LogP contribution in [0.2, 0.25) is 0 Å². The van der Waals surface area contributed by atoms with Crippen LogP contribution in [0.15, 0.2) is 11.2 Å². The predicted octanol–water partition coefficient (Wildman–Crippen LogP) is 0.903. The Morgan fingerprint density at radius 2 is 2.14 bits per heavy atom. The van der Waals surface area contributed by atoms with Gasteiger partial charge < -0.3 is 15.0 Å². The summed E-state index contributed by atoms with van der Waals surface area (Å²) in [5.41, 5.74) is 2.31. The highest BCUT2D eigenvalue weighted by molar-refractivity contribution is 5.80. The van der Waals surface area contributed by atoms with Crippen molar-refractivity contribution in [1.29, 1.82) is 0 Å². The Morgan fingerprint density at radius 1 is 1.43 bits per heavy atom. The van der Waals surface area contributed by atoms with E-state index in [1.54, 1.807) is 0 Å². The molecule has 0 radical (unpaired) electrons. The highest BCUT2D eigenvalue weighted by Crippen LogP contribution is 2.47. The van der Waals surface area contributed by atoms with Crippen molar-refractivity contribution in [3.63, 3.8) is 0 Å². The molecule has 3 fully saturated rings. The summed E-state index contributed by atoms with van der Waals surface area (Å²) in [5.74, 6) is 2.42. The van der Waals surface area contributed by atoms with E-state index >= 15 is 0 Å². The summed E-state index contributed by atoms with van der Waals surface area (Å²) in [6.07, 6.45) is 5.38. The number of nitrogens with one attached hydrogen (secondary N) is 2. The number of hydrogen-bond donors (Lipinski definition) is 2. The lowest BCUT2D eigenvalue weighted by Crippen LogP contribution is -2.41. The van der Waals surface area contributed by atoms with Gasteiger partial charge in [-0.1, -0.05) is 0 Å². The molecule has 0 aliphatic carbocycles. The van der Waals surface area contributed by atoms with Crippen molar-refractivity contribution < 1.29 is 4.74 Å². The number of ether oxygens (including phenoxy) is 1. The number of aryl methyl sites for hydroxylation is 1. The van der Waals surface area contributed by atoms with E-state index in [1.165, 1.54) is 18.4 Å². The SMILES string of the molecule is CN=C(NCc1cn[nH]c1C)N1CC2C3CCC(O3)C2C1. The highest BCUT2D eigenvalue weighted by Gasteiger charge is 2.53. The largest absolute Gasteiger partial charge is 0.374 e. The Morgan fingerprint density at radius 3 is 2.71 bits per heavy atom. The number of guanidine groups is 1. The Labute approximate surface area is 125 Å². The number of nitrogens with zero attached hydrogens (tertiary/aromatic N) is 3. The number of aromatic amines is 1. The first-order chi connectivity index (χ1) is 10.3. The fourth-order valence-corrected chi connectivity index (χ4v) is 4.19. The molecule has 21 heavy (non-hydrogen) atoms. The van der Waals surface area contributed by atoms with E-state index in [2.05, 4.69) is 25.4 Å². The molecular formula is C15H23N5O. The first-order valence-electron chi connectivity index (χ1n) is 7.86. The summed E-state index contributed by atoms with van der Waals surface area (Å²) in [4.78, 5) is 6.86. The molecule has 1 aromatic heterocycles. The smallest absolute Gasteiger partial charge is 0.193 e. The number of aromatic nitrogens is 2. The van der Waals surface area contributed by atoms with Gasteiger partial charge in [-0.3, -0.25) is 10.1 Å². The second kappa shape index (κ2) is 5.02. The summed E-state index contributed by atoms with van der Waals surface area (Å²) in [7, 11) is 1.86. The van der Waals surface area contributed by atoms with Crippen molar-refractivity contribution in [2.24, 2.45) is 16.8 Å². The topological polar surface area (TPSA) is 65.5 Å². The zero-order valence-electron chi connectivity index (χ0n) is 12.7. The lowest BCUT2D eigenvalue weighted by molar-refractivity contribution is 0.0767. The Hall–Kier alpha value is -1.56. The maximum atomic E-state index is 6.04. The van der Waals surface area contributed by atoms with Crippen LogP contribution in [0.1, 0.15) is 24.1 Å². The van der Waals surface area contributed by atoms with Gasteiger partial charge in [-0.25, -0.2) is 0 Å². The Balaban J connectivity index is 1.40. The molecule has 4 unspecified atom stereocenters. The normalized spacial score (nSPS) is 34.6. The zero-order chi connectivity index (χ0) is 14.4. The van der Waals surface area contributed by atoms with E-state index in [0.717, 1.165) is 31.3 Å². The molecule has 4 heterocycles. The third-order valence-corrected chi connectivity index (χ3v) is 5.34. The van der Waals surface area contributed by atoms with Crippen LogP contribution in [0.5, 0.6) is 0 Å². The molecule has 6 heteroatoms. The van der Waals surface area contributed by atoms with E-state index in [0.29, 0.717) is 24.0 Å². The molecule has 0 amide bonds. The van der Waals surface area contributed by atoms with Gasteiger partial charge in [0.15, 0.2) is 5.96 Å². The summed E-state index contributed by atoms with van der Waals surface area (Å²) in [6.45, 7) is 4.97. The zero-order valence-corrected chi connectivity index (χ0v) is 12.7. The van der Waals surface area contributed by atoms with Crippen LogP contribution in [-0.4, -0.2) is 53.4 Å². The van der Waals surface area contributed by atoms with E-state index < -0.39 is 0 Å². The lowest BCUT2D eigenvalue weighted by atomic mass is 9.82. The van der Waals surface area contributed by atoms with Crippen molar-refractivity contribution >= 4 is 5.96 Å². The highest BCUT2D eigenvalue weighted by atomic mass is 16.5.